The smallest absolute Gasteiger partial charge is 0.308 e. The standard InChI is InChI=1S/C11H17N3O2/c1-7(2)9-4-5-10(14-13-9)12-6-8(3)11(15)16/h4-5,7-8H,6H2,1-3H3,(H,12,14)(H,15,16). The summed E-state index contributed by atoms with van der Waals surface area (Å²) in [6.45, 7) is 6.09. The van der Waals surface area contributed by atoms with E-state index in [2.05, 4.69) is 15.5 Å². The average Bonchev–Trinajstić information content (AvgIpc) is 2.26. The molecule has 5 nitrogen and oxygen atoms in total. The first-order valence-electron chi connectivity index (χ1n) is 5.31. The molecule has 0 saturated heterocycles. The van der Waals surface area contributed by atoms with Crippen molar-refractivity contribution in [2.45, 2.75) is 26.7 Å². The van der Waals surface area contributed by atoms with E-state index in [1.165, 1.54) is 0 Å². The van der Waals surface area contributed by atoms with E-state index >= 15 is 0 Å². The quantitative estimate of drug-likeness (QED) is 0.795. The molecule has 0 aromatic carbocycles. The Bertz CT molecular complexity index is 349. The van der Waals surface area contributed by atoms with Gasteiger partial charge in [0.05, 0.1) is 11.6 Å². The zero-order chi connectivity index (χ0) is 12.1. The molecular formula is C11H17N3O2. The van der Waals surface area contributed by atoms with Crippen LogP contribution in [0, 0.1) is 5.92 Å². The first-order chi connectivity index (χ1) is 7.50. The lowest BCUT2D eigenvalue weighted by molar-refractivity contribution is -0.140. The van der Waals surface area contributed by atoms with Crippen LogP contribution in [0.4, 0.5) is 5.82 Å². The zero-order valence-electron chi connectivity index (χ0n) is 9.77. The lowest BCUT2D eigenvalue weighted by Crippen LogP contribution is -2.20. The van der Waals surface area contributed by atoms with Gasteiger partial charge < -0.3 is 10.4 Å². The Morgan fingerprint density at radius 1 is 1.38 bits per heavy atom. The van der Waals surface area contributed by atoms with Crippen molar-refractivity contribution in [3.63, 3.8) is 0 Å². The van der Waals surface area contributed by atoms with Gasteiger partial charge >= 0.3 is 5.97 Å². The normalized spacial score (nSPS) is 12.5. The number of hydrogen-bond acceptors (Lipinski definition) is 4. The van der Waals surface area contributed by atoms with Crippen LogP contribution in [0.2, 0.25) is 0 Å². The number of aliphatic carboxylic acids is 1. The highest BCUT2D eigenvalue weighted by molar-refractivity contribution is 5.70. The highest BCUT2D eigenvalue weighted by Gasteiger charge is 2.10. The Labute approximate surface area is 94.9 Å². The van der Waals surface area contributed by atoms with Gasteiger partial charge in [-0.1, -0.05) is 20.8 Å². The maximum absolute atomic E-state index is 10.6. The second kappa shape index (κ2) is 5.44. The number of hydrogen-bond donors (Lipinski definition) is 2. The molecule has 16 heavy (non-hydrogen) atoms. The van der Waals surface area contributed by atoms with Crippen LogP contribution in [0.5, 0.6) is 0 Å². The van der Waals surface area contributed by atoms with Crippen molar-refractivity contribution >= 4 is 11.8 Å². The Morgan fingerprint density at radius 3 is 2.50 bits per heavy atom. The maximum atomic E-state index is 10.6. The van der Waals surface area contributed by atoms with Crippen molar-refractivity contribution in [2.75, 3.05) is 11.9 Å². The zero-order valence-corrected chi connectivity index (χ0v) is 9.77. The van der Waals surface area contributed by atoms with Crippen molar-refractivity contribution in [1.29, 1.82) is 0 Å². The fraction of sp³-hybridized carbons (Fsp3) is 0.545. The predicted octanol–water partition coefficient (Wildman–Crippen LogP) is 1.73. The number of carbonyl (C=O) groups is 1. The SMILES string of the molecule is CC(CNc1ccc(C(C)C)nn1)C(=O)O. The minimum Gasteiger partial charge on any atom is -0.481 e. The van der Waals surface area contributed by atoms with E-state index in [1.54, 1.807) is 6.92 Å². The van der Waals surface area contributed by atoms with Gasteiger partial charge in [0.25, 0.3) is 0 Å². The summed E-state index contributed by atoms with van der Waals surface area (Å²) in [5.74, 6) is -0.303. The van der Waals surface area contributed by atoms with Gasteiger partial charge in [-0.15, -0.1) is 5.10 Å². The number of carboxylic acid groups (broad SMARTS) is 1. The first kappa shape index (κ1) is 12.4. The molecule has 0 bridgehead atoms. The Morgan fingerprint density at radius 2 is 2.06 bits per heavy atom. The van der Waals surface area contributed by atoms with Crippen LogP contribution in [0.25, 0.3) is 0 Å². The fourth-order valence-electron chi connectivity index (χ4n) is 1.09. The Balaban J connectivity index is 2.52. The van der Waals surface area contributed by atoms with Crippen LogP contribution in [0.1, 0.15) is 32.4 Å². The number of nitrogens with one attached hydrogen (secondary N) is 1. The average molecular weight is 223 g/mol. The van der Waals surface area contributed by atoms with Gasteiger partial charge in [0, 0.05) is 6.54 Å². The van der Waals surface area contributed by atoms with Crippen LogP contribution >= 0.6 is 0 Å². The second-order valence-electron chi connectivity index (χ2n) is 4.12. The number of nitrogens with zero attached hydrogens (tertiary/aromatic N) is 2. The van der Waals surface area contributed by atoms with Gasteiger partial charge in [-0.05, 0) is 18.1 Å². The van der Waals surface area contributed by atoms with E-state index in [9.17, 15) is 4.79 Å². The third-order valence-corrected chi connectivity index (χ3v) is 2.29. The summed E-state index contributed by atoms with van der Waals surface area (Å²) >= 11 is 0. The maximum Gasteiger partial charge on any atom is 0.308 e. The molecule has 1 heterocycles. The van der Waals surface area contributed by atoms with Crippen molar-refractivity contribution in [3.8, 4) is 0 Å². The Hall–Kier alpha value is -1.65. The summed E-state index contributed by atoms with van der Waals surface area (Å²) in [5.41, 5.74) is 0.928. The van der Waals surface area contributed by atoms with E-state index < -0.39 is 11.9 Å². The lowest BCUT2D eigenvalue weighted by Gasteiger charge is -2.09. The van der Waals surface area contributed by atoms with E-state index in [-0.39, 0.29) is 0 Å². The Kier molecular flexibility index (Phi) is 4.22. The summed E-state index contributed by atoms with van der Waals surface area (Å²) in [5, 5.41) is 19.7. The van der Waals surface area contributed by atoms with Crippen molar-refractivity contribution < 1.29 is 9.90 Å². The molecule has 0 saturated carbocycles. The van der Waals surface area contributed by atoms with Crippen LogP contribution in [0.15, 0.2) is 12.1 Å². The largest absolute Gasteiger partial charge is 0.481 e. The molecule has 0 aliphatic heterocycles. The molecule has 0 spiro atoms. The molecule has 1 aromatic rings. The second-order valence-corrected chi connectivity index (χ2v) is 4.12. The first-order valence-corrected chi connectivity index (χ1v) is 5.31. The summed E-state index contributed by atoms with van der Waals surface area (Å²) in [4.78, 5) is 10.6. The van der Waals surface area contributed by atoms with Gasteiger partial charge in [0.1, 0.15) is 5.82 Å². The van der Waals surface area contributed by atoms with Crippen LogP contribution in [0.3, 0.4) is 0 Å². The van der Waals surface area contributed by atoms with E-state index in [4.69, 9.17) is 5.11 Å². The molecule has 0 aliphatic carbocycles. The molecule has 88 valence electrons. The third-order valence-electron chi connectivity index (χ3n) is 2.29. The van der Waals surface area contributed by atoms with Gasteiger partial charge in [0.15, 0.2) is 0 Å². The van der Waals surface area contributed by atoms with E-state index in [0.717, 1.165) is 5.69 Å². The summed E-state index contributed by atoms with van der Waals surface area (Å²) < 4.78 is 0. The number of aromatic nitrogens is 2. The van der Waals surface area contributed by atoms with Gasteiger partial charge in [-0.3, -0.25) is 4.79 Å². The number of carboxylic acids is 1. The highest BCUT2D eigenvalue weighted by Crippen LogP contribution is 2.11. The van der Waals surface area contributed by atoms with Gasteiger partial charge in [0.2, 0.25) is 0 Å². The topological polar surface area (TPSA) is 75.1 Å². The molecule has 1 rings (SSSR count). The van der Waals surface area contributed by atoms with Crippen molar-refractivity contribution in [1.82, 2.24) is 10.2 Å². The predicted molar refractivity (Wildman–Crippen MR) is 61.4 cm³/mol. The molecule has 1 unspecified atom stereocenters. The van der Waals surface area contributed by atoms with Crippen LogP contribution in [-0.4, -0.2) is 27.8 Å². The third kappa shape index (κ3) is 3.49. The van der Waals surface area contributed by atoms with Crippen molar-refractivity contribution in [3.05, 3.63) is 17.8 Å². The lowest BCUT2D eigenvalue weighted by atomic mass is 10.1. The van der Waals surface area contributed by atoms with Crippen LogP contribution in [-0.2, 0) is 4.79 Å². The van der Waals surface area contributed by atoms with Gasteiger partial charge in [-0.2, -0.15) is 5.10 Å². The fourth-order valence-corrected chi connectivity index (χ4v) is 1.09. The summed E-state index contributed by atoms with van der Waals surface area (Å²) in [6, 6.07) is 3.71. The molecule has 1 atom stereocenters. The molecule has 5 heteroatoms. The molecule has 0 fully saturated rings. The van der Waals surface area contributed by atoms with E-state index in [0.29, 0.717) is 18.3 Å². The van der Waals surface area contributed by atoms with Crippen LogP contribution < -0.4 is 5.32 Å². The summed E-state index contributed by atoms with van der Waals surface area (Å²) in [7, 11) is 0. The van der Waals surface area contributed by atoms with Gasteiger partial charge in [-0.25, -0.2) is 0 Å². The van der Waals surface area contributed by atoms with E-state index in [1.807, 2.05) is 26.0 Å². The molecule has 0 aliphatic rings. The minimum absolute atomic E-state index is 0.347. The monoisotopic (exact) mass is 223 g/mol. The molecule has 1 aromatic heterocycles. The molecule has 0 amide bonds. The number of anilines is 1. The minimum atomic E-state index is -0.820. The molecule has 0 radical (unpaired) electrons. The summed E-state index contributed by atoms with van der Waals surface area (Å²) in [6.07, 6.45) is 0. The molecular weight excluding hydrogens is 206 g/mol. The van der Waals surface area contributed by atoms with Crippen molar-refractivity contribution in [2.24, 2.45) is 5.92 Å². The highest BCUT2D eigenvalue weighted by atomic mass is 16.4. The molecule has 2 N–H and O–H groups in total. The number of rotatable bonds is 5.